The number of aryl methyl sites for hydroxylation is 1. The molecule has 0 radical (unpaired) electrons. The van der Waals surface area contributed by atoms with E-state index in [1.54, 1.807) is 0 Å². The first-order chi connectivity index (χ1) is 14.8. The molecule has 0 spiro atoms. The minimum atomic E-state index is -4.71. The van der Waals surface area contributed by atoms with Gasteiger partial charge in [-0.1, -0.05) is 0 Å². The number of halogens is 3. The Bertz CT molecular complexity index is 1430. The SMILES string of the molecule is Cn1c(=O)c2cc(C(=O)Nc3ccc(S(=O)(=O)NCC(F)(F)F)cc3)cnc2n(C)c1=O. The number of nitrogens with zero attached hydrogens (tertiary/aromatic N) is 3. The average Bonchev–Trinajstić information content (AvgIpc) is 2.74. The number of carbonyl (C=O) groups excluding carboxylic acids is 1. The van der Waals surface area contributed by atoms with E-state index in [1.807, 2.05) is 0 Å². The smallest absolute Gasteiger partial charge is 0.322 e. The highest BCUT2D eigenvalue weighted by Gasteiger charge is 2.30. The quantitative estimate of drug-likeness (QED) is 0.564. The zero-order valence-electron chi connectivity index (χ0n) is 16.6. The molecule has 0 atom stereocenters. The normalized spacial score (nSPS) is 12.2. The summed E-state index contributed by atoms with van der Waals surface area (Å²) in [5, 5.41) is 2.51. The number of alkyl halides is 3. The third kappa shape index (κ3) is 4.70. The molecule has 32 heavy (non-hydrogen) atoms. The van der Waals surface area contributed by atoms with E-state index in [0.29, 0.717) is 0 Å². The molecule has 3 aromatic rings. The topological polar surface area (TPSA) is 132 Å². The lowest BCUT2D eigenvalue weighted by molar-refractivity contribution is -0.121. The Balaban J connectivity index is 1.83. The first-order valence-corrected chi connectivity index (χ1v) is 10.3. The third-order valence-corrected chi connectivity index (χ3v) is 5.86. The van der Waals surface area contributed by atoms with Gasteiger partial charge < -0.3 is 5.32 Å². The van der Waals surface area contributed by atoms with Gasteiger partial charge >= 0.3 is 11.9 Å². The van der Waals surface area contributed by atoms with Crippen LogP contribution in [0.5, 0.6) is 0 Å². The summed E-state index contributed by atoms with van der Waals surface area (Å²) in [7, 11) is -1.67. The van der Waals surface area contributed by atoms with Crippen molar-refractivity contribution in [3.8, 4) is 0 Å². The highest BCUT2D eigenvalue weighted by atomic mass is 32.2. The van der Waals surface area contributed by atoms with Gasteiger partial charge in [0.05, 0.1) is 15.8 Å². The molecule has 0 saturated heterocycles. The minimum Gasteiger partial charge on any atom is -0.322 e. The van der Waals surface area contributed by atoms with E-state index >= 15 is 0 Å². The Labute approximate surface area is 178 Å². The molecule has 3 rings (SSSR count). The van der Waals surface area contributed by atoms with Gasteiger partial charge in [-0.25, -0.2) is 22.9 Å². The Hall–Kier alpha value is -3.52. The Morgan fingerprint density at radius 2 is 1.72 bits per heavy atom. The Morgan fingerprint density at radius 3 is 2.31 bits per heavy atom. The number of hydrogen-bond donors (Lipinski definition) is 2. The summed E-state index contributed by atoms with van der Waals surface area (Å²) < 4.78 is 64.0. The molecule has 1 amide bonds. The lowest BCUT2D eigenvalue weighted by atomic mass is 10.2. The number of nitrogens with one attached hydrogen (secondary N) is 2. The van der Waals surface area contributed by atoms with E-state index < -0.39 is 44.8 Å². The first kappa shape index (κ1) is 23.1. The van der Waals surface area contributed by atoms with Gasteiger partial charge in [-0.15, -0.1) is 0 Å². The van der Waals surface area contributed by atoms with Crippen molar-refractivity contribution in [2.24, 2.45) is 14.1 Å². The number of hydrogen-bond acceptors (Lipinski definition) is 6. The van der Waals surface area contributed by atoms with Crippen LogP contribution in [0.15, 0.2) is 51.0 Å². The predicted molar refractivity (Wildman–Crippen MR) is 108 cm³/mol. The van der Waals surface area contributed by atoms with Crippen molar-refractivity contribution < 1.29 is 26.4 Å². The number of pyridine rings is 1. The molecule has 2 N–H and O–H groups in total. The summed E-state index contributed by atoms with van der Waals surface area (Å²) in [5.74, 6) is -0.680. The zero-order chi connectivity index (χ0) is 23.8. The average molecular weight is 471 g/mol. The molecule has 1 aromatic carbocycles. The molecule has 0 fully saturated rings. The van der Waals surface area contributed by atoms with E-state index in [2.05, 4.69) is 10.3 Å². The Morgan fingerprint density at radius 1 is 1.09 bits per heavy atom. The highest BCUT2D eigenvalue weighted by molar-refractivity contribution is 7.89. The van der Waals surface area contributed by atoms with Gasteiger partial charge in [0.25, 0.3) is 11.5 Å². The predicted octanol–water partition coefficient (Wildman–Crippen LogP) is 0.725. The molecule has 0 bridgehead atoms. The van der Waals surface area contributed by atoms with Crippen LogP contribution in [0.3, 0.4) is 0 Å². The molecule has 14 heteroatoms. The summed E-state index contributed by atoms with van der Waals surface area (Å²) in [6.45, 7) is -1.71. The second kappa shape index (κ2) is 8.20. The van der Waals surface area contributed by atoms with Crippen molar-refractivity contribution >= 4 is 32.7 Å². The molecule has 2 heterocycles. The minimum absolute atomic E-state index is 0.00297. The lowest BCUT2D eigenvalue weighted by Gasteiger charge is -2.11. The van der Waals surface area contributed by atoms with Crippen molar-refractivity contribution in [2.45, 2.75) is 11.1 Å². The number of sulfonamides is 1. The van der Waals surface area contributed by atoms with Crippen LogP contribution in [0.25, 0.3) is 11.0 Å². The molecule has 0 aliphatic heterocycles. The summed E-state index contributed by atoms with van der Waals surface area (Å²) in [6, 6.07) is 5.70. The maximum Gasteiger partial charge on any atom is 0.402 e. The lowest BCUT2D eigenvalue weighted by Crippen LogP contribution is -2.37. The summed E-state index contributed by atoms with van der Waals surface area (Å²) >= 11 is 0. The van der Waals surface area contributed by atoms with E-state index in [0.717, 1.165) is 27.5 Å². The first-order valence-electron chi connectivity index (χ1n) is 8.84. The van der Waals surface area contributed by atoms with Gasteiger partial charge in [-0.05, 0) is 30.3 Å². The summed E-state index contributed by atoms with van der Waals surface area (Å²) in [5.41, 5.74) is -0.969. The number of anilines is 1. The molecule has 0 saturated carbocycles. The van der Waals surface area contributed by atoms with Gasteiger partial charge in [-0.3, -0.25) is 18.7 Å². The molecule has 0 aliphatic rings. The van der Waals surface area contributed by atoms with Crippen LogP contribution in [0.4, 0.5) is 18.9 Å². The molecule has 170 valence electrons. The maximum atomic E-state index is 12.5. The molecule has 0 aliphatic carbocycles. The molecule has 0 unspecified atom stereocenters. The van der Waals surface area contributed by atoms with Crippen molar-refractivity contribution in [1.82, 2.24) is 18.8 Å². The van der Waals surface area contributed by atoms with E-state index in [1.165, 1.54) is 37.0 Å². The Kier molecular flexibility index (Phi) is 5.93. The second-order valence-corrected chi connectivity index (χ2v) is 8.49. The number of benzene rings is 1. The fraction of sp³-hybridized carbons (Fsp3) is 0.222. The molecular weight excluding hydrogens is 455 g/mol. The van der Waals surface area contributed by atoms with Gasteiger partial charge in [0.2, 0.25) is 10.0 Å². The fourth-order valence-electron chi connectivity index (χ4n) is 2.77. The van der Waals surface area contributed by atoms with E-state index in [4.69, 9.17) is 0 Å². The largest absolute Gasteiger partial charge is 0.402 e. The van der Waals surface area contributed by atoms with Crippen LogP contribution in [0.1, 0.15) is 10.4 Å². The number of fused-ring (bicyclic) bond motifs is 1. The van der Waals surface area contributed by atoms with E-state index in [9.17, 15) is 36.0 Å². The van der Waals surface area contributed by atoms with Crippen molar-refractivity contribution in [1.29, 1.82) is 0 Å². The van der Waals surface area contributed by atoms with Crippen LogP contribution in [0, 0.1) is 0 Å². The molecular formula is C18H16F3N5O5S. The second-order valence-electron chi connectivity index (χ2n) is 6.72. The number of rotatable bonds is 5. The number of carbonyl (C=O) groups is 1. The highest BCUT2D eigenvalue weighted by Crippen LogP contribution is 2.18. The van der Waals surface area contributed by atoms with Gasteiger partial charge in [0, 0.05) is 26.0 Å². The number of aromatic nitrogens is 3. The maximum absolute atomic E-state index is 12.5. The van der Waals surface area contributed by atoms with Crippen LogP contribution >= 0.6 is 0 Å². The van der Waals surface area contributed by atoms with Crippen LogP contribution in [-0.2, 0) is 24.1 Å². The fourth-order valence-corrected chi connectivity index (χ4v) is 3.79. The van der Waals surface area contributed by atoms with Crippen molar-refractivity contribution in [3.05, 3.63) is 62.9 Å². The van der Waals surface area contributed by atoms with Crippen molar-refractivity contribution in [2.75, 3.05) is 11.9 Å². The van der Waals surface area contributed by atoms with Crippen molar-refractivity contribution in [3.63, 3.8) is 0 Å². The monoisotopic (exact) mass is 471 g/mol. The third-order valence-electron chi connectivity index (χ3n) is 4.44. The molecule has 10 nitrogen and oxygen atoms in total. The van der Waals surface area contributed by atoms with Gasteiger partial charge in [-0.2, -0.15) is 13.2 Å². The number of amides is 1. The molecule has 2 aromatic heterocycles. The zero-order valence-corrected chi connectivity index (χ0v) is 17.4. The summed E-state index contributed by atoms with van der Waals surface area (Å²) in [4.78, 5) is 40.4. The summed E-state index contributed by atoms with van der Waals surface area (Å²) in [6.07, 6.45) is -3.54. The van der Waals surface area contributed by atoms with Crippen LogP contribution < -0.4 is 21.3 Å². The van der Waals surface area contributed by atoms with Crippen LogP contribution in [-0.4, -0.2) is 41.2 Å². The van der Waals surface area contributed by atoms with Gasteiger partial charge in [0.15, 0.2) is 0 Å². The standard InChI is InChI=1S/C18H16F3N5O5S/c1-25-14-13(16(28)26(2)17(25)29)7-10(8-22-14)15(27)24-11-3-5-12(6-4-11)32(30,31)23-9-18(19,20)21/h3-8,23H,9H2,1-2H3,(H,24,27). The van der Waals surface area contributed by atoms with Gasteiger partial charge in [0.1, 0.15) is 12.2 Å². The van der Waals surface area contributed by atoms with E-state index in [-0.39, 0.29) is 22.3 Å². The van der Waals surface area contributed by atoms with Crippen LogP contribution in [0.2, 0.25) is 0 Å².